The number of carboxylic acid groups (broad SMARTS) is 1. The molecular weight excluding hydrogens is 280 g/mol. The first-order valence-electron chi connectivity index (χ1n) is 6.48. The fourth-order valence-corrected chi connectivity index (χ4v) is 1.57. The minimum atomic E-state index is -1.07. The average molecular weight is 304 g/mol. The second kappa shape index (κ2) is 10.0. The molecule has 2 amide bonds. The van der Waals surface area contributed by atoms with Crippen molar-refractivity contribution >= 4 is 17.8 Å². The number of carbonyl (C=O) groups excluding carboxylic acids is 2. The first-order chi connectivity index (χ1) is 9.79. The summed E-state index contributed by atoms with van der Waals surface area (Å²) in [6, 6.07) is -1.33. The molecule has 0 unspecified atom stereocenters. The number of hydrogen-bond acceptors (Lipinski definition) is 7. The van der Waals surface area contributed by atoms with E-state index in [1.807, 2.05) is 0 Å². The highest BCUT2D eigenvalue weighted by molar-refractivity contribution is 5.83. The number of hydrogen-bond donors (Lipinski definition) is 6. The van der Waals surface area contributed by atoms with Gasteiger partial charge in [-0.1, -0.05) is 0 Å². The van der Waals surface area contributed by atoms with Gasteiger partial charge < -0.3 is 27.6 Å². The molecule has 0 heterocycles. The fourth-order valence-electron chi connectivity index (χ4n) is 1.57. The van der Waals surface area contributed by atoms with Gasteiger partial charge in [-0.2, -0.15) is 0 Å². The molecule has 0 aromatic carbocycles. The summed E-state index contributed by atoms with van der Waals surface area (Å²) in [7, 11) is 1.42. The molecule has 0 radical (unpaired) electrons. The van der Waals surface area contributed by atoms with Crippen molar-refractivity contribution < 1.29 is 19.5 Å². The van der Waals surface area contributed by atoms with E-state index in [1.54, 1.807) is 0 Å². The summed E-state index contributed by atoms with van der Waals surface area (Å²) >= 11 is 0. The van der Waals surface area contributed by atoms with Crippen LogP contribution in [0.3, 0.4) is 0 Å². The predicted octanol–water partition coefficient (Wildman–Crippen LogP) is -3.46. The molecule has 0 spiro atoms. The monoisotopic (exact) mass is 304 g/mol. The average Bonchev–Trinajstić information content (AvgIpc) is 2.36. The molecular formula is C11H24N6O4. The van der Waals surface area contributed by atoms with E-state index in [2.05, 4.69) is 10.7 Å². The van der Waals surface area contributed by atoms with Crippen molar-refractivity contribution in [2.24, 2.45) is 17.2 Å². The molecule has 0 bridgehead atoms. The zero-order chi connectivity index (χ0) is 16.4. The maximum Gasteiger partial charge on any atom is 0.319 e. The minimum Gasteiger partial charge on any atom is -0.480 e. The summed E-state index contributed by atoms with van der Waals surface area (Å²) in [6.45, 7) is -0.0620. The molecule has 0 aliphatic heterocycles. The lowest BCUT2D eigenvalue weighted by molar-refractivity contribution is -0.139. The van der Waals surface area contributed by atoms with Crippen molar-refractivity contribution in [2.45, 2.75) is 24.9 Å². The lowest BCUT2D eigenvalue weighted by Crippen LogP contribution is -2.51. The van der Waals surface area contributed by atoms with Crippen LogP contribution in [0.5, 0.6) is 0 Å². The number of nitrogens with one attached hydrogen (secondary N) is 2. The number of likely N-dealkylation sites (N-methyl/N-ethyl adjacent to an activating group) is 1. The molecule has 10 heteroatoms. The maximum atomic E-state index is 11.7. The first-order valence-corrected chi connectivity index (χ1v) is 6.48. The van der Waals surface area contributed by atoms with Gasteiger partial charge in [0.25, 0.3) is 0 Å². The molecule has 0 saturated heterocycles. The highest BCUT2D eigenvalue weighted by Gasteiger charge is 2.20. The van der Waals surface area contributed by atoms with E-state index < -0.39 is 29.9 Å². The van der Waals surface area contributed by atoms with Crippen LogP contribution in [-0.4, -0.2) is 66.7 Å². The quantitative estimate of drug-likeness (QED) is 0.225. The van der Waals surface area contributed by atoms with Gasteiger partial charge in [-0.3, -0.25) is 19.8 Å². The van der Waals surface area contributed by atoms with Crippen LogP contribution >= 0.6 is 0 Å². The number of rotatable bonds is 10. The number of aliphatic carboxylic acids is 1. The number of nitrogens with zero attached hydrogens (tertiary/aromatic N) is 1. The number of carboxylic acids is 1. The molecule has 2 atom stereocenters. The molecule has 0 aromatic rings. The zero-order valence-corrected chi connectivity index (χ0v) is 12.0. The van der Waals surface area contributed by atoms with E-state index in [1.165, 1.54) is 7.05 Å². The Morgan fingerprint density at radius 1 is 1.29 bits per heavy atom. The Morgan fingerprint density at radius 3 is 2.38 bits per heavy atom. The summed E-state index contributed by atoms with van der Waals surface area (Å²) in [6.07, 6.45) is 0.350. The highest BCUT2D eigenvalue weighted by atomic mass is 16.4. The Hall–Kier alpha value is -1.75. The summed E-state index contributed by atoms with van der Waals surface area (Å²) in [4.78, 5) is 33.9. The summed E-state index contributed by atoms with van der Waals surface area (Å²) < 4.78 is 0. The van der Waals surface area contributed by atoms with Crippen LogP contribution in [0.1, 0.15) is 12.8 Å². The lowest BCUT2D eigenvalue weighted by atomic mass is 10.1. The predicted molar refractivity (Wildman–Crippen MR) is 75.7 cm³/mol. The third kappa shape index (κ3) is 8.92. The van der Waals surface area contributed by atoms with Gasteiger partial charge in [0.1, 0.15) is 6.54 Å². The van der Waals surface area contributed by atoms with Crippen LogP contribution in [0, 0.1) is 0 Å². The third-order valence-electron chi connectivity index (χ3n) is 2.57. The smallest absolute Gasteiger partial charge is 0.319 e. The number of hydrazine groups is 1. The van der Waals surface area contributed by atoms with Gasteiger partial charge in [0, 0.05) is 26.1 Å². The molecule has 10 nitrogen and oxygen atoms in total. The normalized spacial score (nSPS) is 13.6. The molecule has 0 saturated carbocycles. The number of carbonyl (C=O) groups is 3. The summed E-state index contributed by atoms with van der Waals surface area (Å²) in [5, 5.41) is 12.3. The van der Waals surface area contributed by atoms with E-state index >= 15 is 0 Å². The van der Waals surface area contributed by atoms with Gasteiger partial charge in [-0.15, -0.1) is 0 Å². The lowest BCUT2D eigenvalue weighted by Gasteiger charge is -2.21. The van der Waals surface area contributed by atoms with E-state index in [0.29, 0.717) is 6.42 Å². The van der Waals surface area contributed by atoms with Crippen LogP contribution in [0.15, 0.2) is 0 Å². The SMILES string of the molecule is CN(CC(=O)O)NC(=O)C[C@H](CCN)NC(=O)[C@@H](N)CN. The van der Waals surface area contributed by atoms with E-state index in [9.17, 15) is 14.4 Å². The van der Waals surface area contributed by atoms with Gasteiger partial charge in [0.05, 0.1) is 6.04 Å². The molecule has 21 heavy (non-hydrogen) atoms. The Bertz CT molecular complexity index is 365. The van der Waals surface area contributed by atoms with E-state index in [4.69, 9.17) is 22.3 Å². The van der Waals surface area contributed by atoms with Gasteiger partial charge in [0.2, 0.25) is 11.8 Å². The second-order valence-corrected chi connectivity index (χ2v) is 4.61. The van der Waals surface area contributed by atoms with Crippen LogP contribution in [0.4, 0.5) is 0 Å². The van der Waals surface area contributed by atoms with Crippen molar-refractivity contribution in [3.05, 3.63) is 0 Å². The largest absolute Gasteiger partial charge is 0.480 e. The van der Waals surface area contributed by atoms with E-state index in [0.717, 1.165) is 5.01 Å². The van der Waals surface area contributed by atoms with Gasteiger partial charge in [0.15, 0.2) is 0 Å². The number of nitrogens with two attached hydrogens (primary N) is 3. The molecule has 0 aliphatic carbocycles. The van der Waals surface area contributed by atoms with Crippen molar-refractivity contribution in [2.75, 3.05) is 26.7 Å². The van der Waals surface area contributed by atoms with Gasteiger partial charge in [-0.25, -0.2) is 5.01 Å². The molecule has 0 rings (SSSR count). The maximum absolute atomic E-state index is 11.7. The molecule has 122 valence electrons. The van der Waals surface area contributed by atoms with Gasteiger partial charge >= 0.3 is 5.97 Å². The van der Waals surface area contributed by atoms with Gasteiger partial charge in [-0.05, 0) is 13.0 Å². The molecule has 0 fully saturated rings. The van der Waals surface area contributed by atoms with Crippen molar-refractivity contribution in [3.8, 4) is 0 Å². The highest BCUT2D eigenvalue weighted by Crippen LogP contribution is 1.98. The van der Waals surface area contributed by atoms with Crippen molar-refractivity contribution in [1.29, 1.82) is 0 Å². The Morgan fingerprint density at radius 2 is 1.90 bits per heavy atom. The van der Waals surface area contributed by atoms with E-state index in [-0.39, 0.29) is 26.1 Å². The summed E-state index contributed by atoms with van der Waals surface area (Å²) in [5.74, 6) is -1.96. The van der Waals surface area contributed by atoms with Crippen LogP contribution in [-0.2, 0) is 14.4 Å². The summed E-state index contributed by atoms with van der Waals surface area (Å²) in [5.41, 5.74) is 18.6. The molecule has 0 aromatic heterocycles. The van der Waals surface area contributed by atoms with Crippen molar-refractivity contribution in [3.63, 3.8) is 0 Å². The van der Waals surface area contributed by atoms with Crippen LogP contribution in [0.2, 0.25) is 0 Å². The Labute approximate surface area is 123 Å². The zero-order valence-electron chi connectivity index (χ0n) is 12.0. The Balaban J connectivity index is 4.38. The fraction of sp³-hybridized carbons (Fsp3) is 0.727. The Kier molecular flexibility index (Phi) is 9.21. The second-order valence-electron chi connectivity index (χ2n) is 4.61. The molecule has 9 N–H and O–H groups in total. The standard InChI is InChI=1S/C11H24N6O4/c1-17(6-10(19)20)16-9(18)4-7(2-3-12)15-11(21)8(14)5-13/h7-8H,2-6,12-14H2,1H3,(H,15,21)(H,16,18)(H,19,20)/t7-,8-/m0/s1. The number of amides is 2. The van der Waals surface area contributed by atoms with Crippen LogP contribution < -0.4 is 27.9 Å². The third-order valence-corrected chi connectivity index (χ3v) is 2.57. The molecule has 0 aliphatic rings. The first kappa shape index (κ1) is 19.2. The topological polar surface area (TPSA) is 177 Å². The van der Waals surface area contributed by atoms with Crippen molar-refractivity contribution in [1.82, 2.24) is 15.8 Å². The minimum absolute atomic E-state index is 0.00523. The van der Waals surface area contributed by atoms with Crippen LogP contribution in [0.25, 0.3) is 0 Å².